The lowest BCUT2D eigenvalue weighted by atomic mass is 9.94. The van der Waals surface area contributed by atoms with Gasteiger partial charge in [0.25, 0.3) is 0 Å². The second-order valence-electron chi connectivity index (χ2n) is 8.55. The van der Waals surface area contributed by atoms with Gasteiger partial charge in [-0.2, -0.15) is 0 Å². The maximum atomic E-state index is 9.23. The number of benzene rings is 4. The first-order chi connectivity index (χ1) is 15.9. The van der Waals surface area contributed by atoms with Gasteiger partial charge < -0.3 is 27.6 Å². The molecule has 0 spiro atoms. The summed E-state index contributed by atoms with van der Waals surface area (Å²) in [5, 5.41) is 27.7. The molecule has 0 amide bonds. The number of hydrogen-bond acceptors (Lipinski definition) is 5. The Kier molecular flexibility index (Phi) is 12.1. The Morgan fingerprint density at radius 1 is 0.457 bits per heavy atom. The van der Waals surface area contributed by atoms with Crippen molar-refractivity contribution in [2.24, 2.45) is 0 Å². The van der Waals surface area contributed by atoms with E-state index < -0.39 is 0 Å². The second-order valence-corrected chi connectivity index (χ2v) is 8.55. The summed E-state index contributed by atoms with van der Waals surface area (Å²) in [5.74, 6) is 1.79. The third-order valence-corrected chi connectivity index (χ3v) is 5.79. The Balaban J connectivity index is 0.000000332. The molecule has 2 atom stereocenters. The maximum absolute atomic E-state index is 9.23. The Hall–Kier alpha value is -3.80. The van der Waals surface area contributed by atoms with Crippen LogP contribution in [-0.2, 0) is 12.8 Å². The molecule has 0 bridgehead atoms. The predicted molar refractivity (Wildman–Crippen MR) is 145 cm³/mol. The van der Waals surface area contributed by atoms with Crippen molar-refractivity contribution in [1.82, 2.24) is 12.3 Å². The first-order valence-electron chi connectivity index (χ1n) is 11.3. The SMILES string of the molecule is CC(Cc1ccc(O)cc1)c1ccc(O)cc1.CC(Cc1ccccc1)c1ccc(O)cc1.N.N. The lowest BCUT2D eigenvalue weighted by Crippen LogP contribution is -1.97. The zero-order valence-electron chi connectivity index (χ0n) is 20.6. The molecule has 0 aliphatic carbocycles. The largest absolute Gasteiger partial charge is 0.508 e. The van der Waals surface area contributed by atoms with E-state index in [2.05, 4.69) is 38.1 Å². The van der Waals surface area contributed by atoms with Crippen molar-refractivity contribution in [3.63, 3.8) is 0 Å². The molecule has 0 saturated heterocycles. The van der Waals surface area contributed by atoms with Crippen LogP contribution in [0.2, 0.25) is 0 Å². The minimum atomic E-state index is 0. The highest BCUT2D eigenvalue weighted by molar-refractivity contribution is 5.32. The van der Waals surface area contributed by atoms with Gasteiger partial charge in [0.2, 0.25) is 0 Å². The standard InChI is InChI=1S/C15H16O2.C15H16O.2H3N/c1-11(13-4-8-15(17)9-5-13)10-12-2-6-14(16)7-3-12;1-12(11-13-5-3-2-4-6-13)14-7-9-15(16)10-8-14;;/h2-9,11,16-17H,10H2,1H3;2-10,12,16H,11H2,1H3;2*1H3. The zero-order valence-corrected chi connectivity index (χ0v) is 20.6. The van der Waals surface area contributed by atoms with E-state index in [0.29, 0.717) is 29.1 Å². The van der Waals surface area contributed by atoms with Gasteiger partial charge in [0.15, 0.2) is 0 Å². The summed E-state index contributed by atoms with van der Waals surface area (Å²) in [7, 11) is 0. The van der Waals surface area contributed by atoms with Gasteiger partial charge in [-0.05, 0) is 83.3 Å². The second kappa shape index (κ2) is 14.5. The van der Waals surface area contributed by atoms with E-state index in [0.717, 1.165) is 12.8 Å². The van der Waals surface area contributed by atoms with E-state index in [1.807, 2.05) is 42.5 Å². The molecule has 5 nitrogen and oxygen atoms in total. The molecule has 5 heteroatoms. The Labute approximate surface area is 208 Å². The van der Waals surface area contributed by atoms with Crippen LogP contribution in [-0.4, -0.2) is 15.3 Å². The van der Waals surface area contributed by atoms with Gasteiger partial charge in [-0.1, -0.05) is 80.6 Å². The molecule has 35 heavy (non-hydrogen) atoms. The summed E-state index contributed by atoms with van der Waals surface area (Å²) in [5.41, 5.74) is 5.02. The molecule has 9 N–H and O–H groups in total. The fourth-order valence-corrected chi connectivity index (χ4v) is 3.79. The molecule has 4 aromatic rings. The van der Waals surface area contributed by atoms with Gasteiger partial charge in [-0.3, -0.25) is 0 Å². The average Bonchev–Trinajstić information content (AvgIpc) is 2.82. The molecule has 0 fully saturated rings. The van der Waals surface area contributed by atoms with Crippen molar-refractivity contribution in [1.29, 1.82) is 0 Å². The van der Waals surface area contributed by atoms with E-state index in [4.69, 9.17) is 0 Å². The first kappa shape index (κ1) is 29.2. The number of aromatic hydroxyl groups is 3. The highest BCUT2D eigenvalue weighted by Gasteiger charge is 2.07. The molecular formula is C30H38N2O3. The Morgan fingerprint density at radius 2 is 0.771 bits per heavy atom. The van der Waals surface area contributed by atoms with Gasteiger partial charge in [-0.15, -0.1) is 0 Å². The van der Waals surface area contributed by atoms with E-state index in [1.165, 1.54) is 22.3 Å². The van der Waals surface area contributed by atoms with Crippen LogP contribution >= 0.6 is 0 Å². The van der Waals surface area contributed by atoms with Gasteiger partial charge in [0.1, 0.15) is 17.2 Å². The van der Waals surface area contributed by atoms with E-state index in [9.17, 15) is 15.3 Å². The van der Waals surface area contributed by atoms with Gasteiger partial charge in [0.05, 0.1) is 0 Å². The van der Waals surface area contributed by atoms with Gasteiger partial charge in [-0.25, -0.2) is 0 Å². The molecule has 0 aliphatic heterocycles. The van der Waals surface area contributed by atoms with Crippen molar-refractivity contribution < 1.29 is 15.3 Å². The van der Waals surface area contributed by atoms with Crippen molar-refractivity contribution in [2.75, 3.05) is 0 Å². The Bertz CT molecular complexity index is 1100. The predicted octanol–water partition coefficient (Wildman–Crippen LogP) is 7.51. The van der Waals surface area contributed by atoms with Crippen molar-refractivity contribution in [3.8, 4) is 17.2 Å². The monoisotopic (exact) mass is 474 g/mol. The minimum absolute atomic E-state index is 0. The van der Waals surface area contributed by atoms with Crippen LogP contribution in [0, 0.1) is 0 Å². The molecule has 4 aromatic carbocycles. The average molecular weight is 475 g/mol. The highest BCUT2D eigenvalue weighted by atomic mass is 16.3. The van der Waals surface area contributed by atoms with E-state index in [-0.39, 0.29) is 12.3 Å². The van der Waals surface area contributed by atoms with Crippen molar-refractivity contribution >= 4 is 0 Å². The van der Waals surface area contributed by atoms with Crippen LogP contribution in [0.5, 0.6) is 17.2 Å². The third kappa shape index (κ3) is 9.53. The van der Waals surface area contributed by atoms with Crippen LogP contribution in [0.1, 0.15) is 47.9 Å². The fourth-order valence-electron chi connectivity index (χ4n) is 3.79. The highest BCUT2D eigenvalue weighted by Crippen LogP contribution is 2.24. The summed E-state index contributed by atoms with van der Waals surface area (Å²) < 4.78 is 0. The van der Waals surface area contributed by atoms with Crippen LogP contribution in [0.25, 0.3) is 0 Å². The first-order valence-corrected chi connectivity index (χ1v) is 11.3. The Morgan fingerprint density at radius 3 is 1.14 bits per heavy atom. The molecule has 0 radical (unpaired) electrons. The van der Waals surface area contributed by atoms with Crippen LogP contribution < -0.4 is 12.3 Å². The topological polar surface area (TPSA) is 131 Å². The van der Waals surface area contributed by atoms with E-state index in [1.54, 1.807) is 36.4 Å². The minimum Gasteiger partial charge on any atom is -0.508 e. The third-order valence-electron chi connectivity index (χ3n) is 5.79. The molecule has 186 valence electrons. The quantitative estimate of drug-likeness (QED) is 0.197. The summed E-state index contributed by atoms with van der Waals surface area (Å²) in [6.07, 6.45) is 1.96. The summed E-state index contributed by atoms with van der Waals surface area (Å²) in [6, 6.07) is 32.5. The maximum Gasteiger partial charge on any atom is 0.115 e. The van der Waals surface area contributed by atoms with Crippen LogP contribution in [0.15, 0.2) is 103 Å². The van der Waals surface area contributed by atoms with Crippen molar-refractivity contribution in [3.05, 3.63) is 125 Å². The number of rotatable bonds is 6. The number of hydrogen-bond donors (Lipinski definition) is 5. The van der Waals surface area contributed by atoms with Gasteiger partial charge in [0, 0.05) is 0 Å². The lowest BCUT2D eigenvalue weighted by Gasteiger charge is -2.12. The molecule has 2 unspecified atom stereocenters. The van der Waals surface area contributed by atoms with E-state index >= 15 is 0 Å². The molecule has 0 aliphatic rings. The van der Waals surface area contributed by atoms with Crippen LogP contribution in [0.4, 0.5) is 0 Å². The zero-order chi connectivity index (χ0) is 23.6. The number of phenolic OH excluding ortho intramolecular Hbond substituents is 3. The molecule has 0 saturated carbocycles. The van der Waals surface area contributed by atoms with Crippen molar-refractivity contribution in [2.45, 2.75) is 38.5 Å². The number of phenols is 3. The summed E-state index contributed by atoms with van der Waals surface area (Å²) >= 11 is 0. The molecule has 4 rings (SSSR count). The smallest absolute Gasteiger partial charge is 0.115 e. The molecule has 0 aromatic heterocycles. The fraction of sp³-hybridized carbons (Fsp3) is 0.200. The molecular weight excluding hydrogens is 436 g/mol. The van der Waals surface area contributed by atoms with Crippen LogP contribution in [0.3, 0.4) is 0 Å². The van der Waals surface area contributed by atoms with Gasteiger partial charge >= 0.3 is 0 Å². The summed E-state index contributed by atoms with van der Waals surface area (Å²) in [6.45, 7) is 4.36. The molecule has 0 heterocycles. The lowest BCUT2D eigenvalue weighted by molar-refractivity contribution is 0.474. The summed E-state index contributed by atoms with van der Waals surface area (Å²) in [4.78, 5) is 0. The normalized spacial score (nSPS) is 11.6.